The lowest BCUT2D eigenvalue weighted by atomic mass is 9.85. The van der Waals surface area contributed by atoms with Gasteiger partial charge in [0.15, 0.2) is 0 Å². The van der Waals surface area contributed by atoms with Crippen LogP contribution in [0.2, 0.25) is 0 Å². The minimum Gasteiger partial charge on any atom is -0.390 e. The molecule has 1 saturated carbocycles. The fraction of sp³-hybridized carbons (Fsp3) is 0.556. The van der Waals surface area contributed by atoms with Gasteiger partial charge in [0.25, 0.3) is 0 Å². The Morgan fingerprint density at radius 2 is 1.96 bits per heavy atom. The minimum absolute atomic E-state index is 0.114. The van der Waals surface area contributed by atoms with Crippen LogP contribution >= 0.6 is 0 Å². The number of aliphatic hydroxyl groups excluding tert-OH is 1. The molecule has 0 radical (unpaired) electrons. The summed E-state index contributed by atoms with van der Waals surface area (Å²) >= 11 is 0. The van der Waals surface area contributed by atoms with Gasteiger partial charge in [-0.05, 0) is 24.8 Å². The molecular weight excluding hydrogens is 293 g/mol. The average molecular weight is 317 g/mol. The minimum atomic E-state index is -0.230. The Morgan fingerprint density at radius 3 is 2.70 bits per heavy atom. The van der Waals surface area contributed by atoms with Gasteiger partial charge in [0.05, 0.1) is 18.8 Å². The van der Waals surface area contributed by atoms with Crippen molar-refractivity contribution in [3.8, 4) is 0 Å². The number of benzene rings is 1. The third-order valence-corrected chi connectivity index (χ3v) is 4.86. The second-order valence-electron chi connectivity index (χ2n) is 6.43. The largest absolute Gasteiger partial charge is 0.390 e. The van der Waals surface area contributed by atoms with Gasteiger partial charge in [-0.3, -0.25) is 0 Å². The Bertz CT molecular complexity index is 635. The number of hydrogen-bond acceptors (Lipinski definition) is 3. The van der Waals surface area contributed by atoms with Crippen molar-refractivity contribution in [1.29, 1.82) is 0 Å². The first kappa shape index (κ1) is 16.1. The smallest absolute Gasteiger partial charge is 0.128 e. The van der Waals surface area contributed by atoms with Gasteiger partial charge in [-0.2, -0.15) is 0 Å². The van der Waals surface area contributed by atoms with Crippen LogP contribution in [-0.4, -0.2) is 20.1 Å². The molecule has 0 unspecified atom stereocenters. The summed E-state index contributed by atoms with van der Waals surface area (Å²) in [7, 11) is 0. The van der Waals surface area contributed by atoms with E-state index in [0.29, 0.717) is 17.8 Å². The van der Waals surface area contributed by atoms with Gasteiger partial charge in [0, 0.05) is 5.56 Å². The van der Waals surface area contributed by atoms with Crippen LogP contribution in [0.1, 0.15) is 55.5 Å². The zero-order valence-corrected chi connectivity index (χ0v) is 13.4. The summed E-state index contributed by atoms with van der Waals surface area (Å²) in [5, 5.41) is 17.7. The lowest BCUT2D eigenvalue weighted by Gasteiger charge is -2.21. The summed E-state index contributed by atoms with van der Waals surface area (Å²) in [5.41, 5.74) is 2.17. The van der Waals surface area contributed by atoms with Gasteiger partial charge in [0.2, 0.25) is 0 Å². The summed E-state index contributed by atoms with van der Waals surface area (Å²) in [6, 6.07) is 6.73. The Morgan fingerprint density at radius 1 is 1.17 bits per heavy atom. The molecule has 0 amide bonds. The number of halogens is 1. The lowest BCUT2D eigenvalue weighted by Crippen LogP contribution is -2.12. The Kier molecular flexibility index (Phi) is 5.39. The van der Waals surface area contributed by atoms with Gasteiger partial charge in [-0.1, -0.05) is 55.5 Å². The van der Waals surface area contributed by atoms with Crippen molar-refractivity contribution in [3.63, 3.8) is 0 Å². The molecule has 5 heteroatoms. The summed E-state index contributed by atoms with van der Waals surface area (Å²) in [6.45, 7) is 0.247. The highest BCUT2D eigenvalue weighted by Gasteiger charge is 2.18. The van der Waals surface area contributed by atoms with Crippen LogP contribution in [-0.2, 0) is 19.6 Å². The SMILES string of the molecule is OCc1nnn(Cc2ccccc2F)c1CCC1CCCCC1. The normalized spacial score (nSPS) is 15.9. The van der Waals surface area contributed by atoms with Crippen LogP contribution in [0.3, 0.4) is 0 Å². The highest BCUT2D eigenvalue weighted by atomic mass is 19.1. The highest BCUT2D eigenvalue weighted by Crippen LogP contribution is 2.28. The highest BCUT2D eigenvalue weighted by molar-refractivity contribution is 5.19. The average Bonchev–Trinajstić information content (AvgIpc) is 2.98. The molecule has 3 rings (SSSR count). The van der Waals surface area contributed by atoms with Gasteiger partial charge in [-0.25, -0.2) is 9.07 Å². The maximum atomic E-state index is 13.9. The molecule has 1 aromatic heterocycles. The van der Waals surface area contributed by atoms with Gasteiger partial charge in [-0.15, -0.1) is 5.10 Å². The predicted octanol–water partition coefficient (Wildman–Crippen LogP) is 3.47. The van der Waals surface area contributed by atoms with Gasteiger partial charge in [0.1, 0.15) is 11.5 Å². The van der Waals surface area contributed by atoms with Crippen molar-refractivity contribution in [2.24, 2.45) is 5.92 Å². The second kappa shape index (κ2) is 7.68. The first-order valence-electron chi connectivity index (χ1n) is 8.53. The molecular formula is C18H24FN3O. The standard InChI is InChI=1S/C18H24FN3O/c19-16-9-5-4-8-15(16)12-22-18(17(13-23)20-21-22)11-10-14-6-2-1-3-7-14/h4-5,8-9,14,23H,1-3,6-7,10-13H2. The molecule has 4 nitrogen and oxygen atoms in total. The maximum Gasteiger partial charge on any atom is 0.128 e. The molecule has 2 aromatic rings. The van der Waals surface area contributed by atoms with E-state index < -0.39 is 0 Å². The van der Waals surface area contributed by atoms with Crippen LogP contribution in [0.25, 0.3) is 0 Å². The van der Waals surface area contributed by atoms with E-state index in [1.165, 1.54) is 38.2 Å². The number of hydrogen-bond donors (Lipinski definition) is 1. The molecule has 0 atom stereocenters. The van der Waals surface area contributed by atoms with Crippen molar-refractivity contribution < 1.29 is 9.50 Å². The van der Waals surface area contributed by atoms with E-state index in [1.807, 2.05) is 6.07 Å². The quantitative estimate of drug-likeness (QED) is 0.887. The fourth-order valence-corrected chi connectivity index (χ4v) is 3.50. The van der Waals surface area contributed by atoms with Crippen LogP contribution in [0, 0.1) is 11.7 Å². The summed E-state index contributed by atoms with van der Waals surface area (Å²) in [4.78, 5) is 0. The van der Waals surface area contributed by atoms with E-state index in [0.717, 1.165) is 24.5 Å². The zero-order valence-electron chi connectivity index (χ0n) is 13.4. The Labute approximate surface area is 136 Å². The molecule has 124 valence electrons. The van der Waals surface area contributed by atoms with Crippen LogP contribution in [0.4, 0.5) is 4.39 Å². The Hall–Kier alpha value is -1.75. The lowest BCUT2D eigenvalue weighted by molar-refractivity contribution is 0.274. The zero-order chi connectivity index (χ0) is 16.1. The maximum absolute atomic E-state index is 13.9. The number of aliphatic hydroxyl groups is 1. The molecule has 23 heavy (non-hydrogen) atoms. The van der Waals surface area contributed by atoms with E-state index >= 15 is 0 Å². The molecule has 1 aliphatic rings. The molecule has 1 heterocycles. The van der Waals surface area contributed by atoms with Crippen molar-refractivity contribution in [2.45, 2.75) is 58.1 Å². The van der Waals surface area contributed by atoms with Crippen LogP contribution < -0.4 is 0 Å². The predicted molar refractivity (Wildman–Crippen MR) is 86.3 cm³/mol. The van der Waals surface area contributed by atoms with E-state index in [9.17, 15) is 9.50 Å². The Balaban J connectivity index is 1.73. The van der Waals surface area contributed by atoms with E-state index in [-0.39, 0.29) is 12.4 Å². The molecule has 0 saturated heterocycles. The van der Waals surface area contributed by atoms with Crippen LogP contribution in [0.15, 0.2) is 24.3 Å². The number of aromatic nitrogens is 3. The van der Waals surface area contributed by atoms with Gasteiger partial charge < -0.3 is 5.11 Å². The van der Waals surface area contributed by atoms with Crippen molar-refractivity contribution in [1.82, 2.24) is 15.0 Å². The molecule has 0 bridgehead atoms. The van der Waals surface area contributed by atoms with E-state index in [1.54, 1.807) is 16.8 Å². The molecule has 1 aromatic carbocycles. The van der Waals surface area contributed by atoms with Gasteiger partial charge >= 0.3 is 0 Å². The molecule has 1 N–H and O–H groups in total. The first-order chi connectivity index (χ1) is 11.3. The third kappa shape index (κ3) is 3.96. The molecule has 0 aliphatic heterocycles. The third-order valence-electron chi connectivity index (χ3n) is 4.86. The van der Waals surface area contributed by atoms with Crippen molar-refractivity contribution in [3.05, 3.63) is 47.0 Å². The molecule has 1 fully saturated rings. The van der Waals surface area contributed by atoms with Crippen molar-refractivity contribution >= 4 is 0 Å². The van der Waals surface area contributed by atoms with E-state index in [4.69, 9.17) is 0 Å². The molecule has 1 aliphatic carbocycles. The first-order valence-corrected chi connectivity index (χ1v) is 8.53. The van der Waals surface area contributed by atoms with E-state index in [2.05, 4.69) is 10.3 Å². The second-order valence-corrected chi connectivity index (χ2v) is 6.43. The monoisotopic (exact) mass is 317 g/mol. The fourth-order valence-electron chi connectivity index (χ4n) is 3.50. The van der Waals surface area contributed by atoms with Crippen molar-refractivity contribution in [2.75, 3.05) is 0 Å². The summed E-state index contributed by atoms with van der Waals surface area (Å²) in [5.74, 6) is 0.527. The summed E-state index contributed by atoms with van der Waals surface area (Å²) in [6.07, 6.45) is 8.53. The van der Waals surface area contributed by atoms with Crippen LogP contribution in [0.5, 0.6) is 0 Å². The summed E-state index contributed by atoms with van der Waals surface area (Å²) < 4.78 is 15.6. The number of rotatable bonds is 6. The molecule has 0 spiro atoms. The number of nitrogens with zero attached hydrogens (tertiary/aromatic N) is 3. The topological polar surface area (TPSA) is 50.9 Å².